The van der Waals surface area contributed by atoms with Crippen molar-refractivity contribution >= 4 is 29.3 Å². The maximum Gasteiger partial charge on any atom is 0.407 e. The minimum absolute atomic E-state index is 0.0708. The van der Waals surface area contributed by atoms with Crippen molar-refractivity contribution in [3.05, 3.63) is 58.7 Å². The van der Waals surface area contributed by atoms with Crippen molar-refractivity contribution in [1.82, 2.24) is 14.5 Å². The average Bonchev–Trinajstić information content (AvgIpc) is 3.18. The number of hydrogen-bond acceptors (Lipinski definition) is 3. The highest BCUT2D eigenvalue weighted by molar-refractivity contribution is 6.31. The molecule has 1 aromatic carbocycles. The Morgan fingerprint density at radius 3 is 2.81 bits per heavy atom. The summed E-state index contributed by atoms with van der Waals surface area (Å²) in [5.41, 5.74) is 3.21. The summed E-state index contributed by atoms with van der Waals surface area (Å²) in [6, 6.07) is 5.44. The number of aromatic nitrogens is 2. The first kappa shape index (κ1) is 20.1. The number of nitrogens with zero attached hydrogens (tertiary/aromatic N) is 4. The van der Waals surface area contributed by atoms with E-state index in [2.05, 4.69) is 11.1 Å². The molecule has 5 rings (SSSR count). The van der Waals surface area contributed by atoms with Gasteiger partial charge in [-0.25, -0.2) is 9.78 Å². The van der Waals surface area contributed by atoms with Gasteiger partial charge in [0.2, 0.25) is 5.91 Å². The summed E-state index contributed by atoms with van der Waals surface area (Å²) >= 11 is 6.28. The number of aryl methyl sites for hydroxylation is 1. The largest absolute Gasteiger partial charge is 0.465 e. The zero-order valence-corrected chi connectivity index (χ0v) is 18.1. The van der Waals surface area contributed by atoms with Crippen LogP contribution in [0.25, 0.3) is 0 Å². The Morgan fingerprint density at radius 1 is 1.29 bits per heavy atom. The quantitative estimate of drug-likeness (QED) is 0.718. The van der Waals surface area contributed by atoms with E-state index in [1.807, 2.05) is 18.2 Å². The molecule has 2 amide bonds. The summed E-state index contributed by atoms with van der Waals surface area (Å²) in [4.78, 5) is 33.0. The van der Waals surface area contributed by atoms with Crippen LogP contribution in [0.3, 0.4) is 0 Å². The second kappa shape index (κ2) is 7.41. The zero-order chi connectivity index (χ0) is 21.8. The van der Waals surface area contributed by atoms with Gasteiger partial charge in [-0.05, 0) is 49.8 Å². The van der Waals surface area contributed by atoms with Crippen LogP contribution in [-0.4, -0.2) is 44.6 Å². The van der Waals surface area contributed by atoms with Gasteiger partial charge < -0.3 is 19.5 Å². The van der Waals surface area contributed by atoms with Crippen molar-refractivity contribution in [3.8, 4) is 0 Å². The maximum atomic E-state index is 13.6. The number of hydrogen-bond donors (Lipinski definition) is 1. The third-order valence-corrected chi connectivity index (χ3v) is 7.02. The summed E-state index contributed by atoms with van der Waals surface area (Å²) in [5, 5.41) is 9.88. The highest BCUT2D eigenvalue weighted by atomic mass is 35.5. The molecule has 0 atom stereocenters. The van der Waals surface area contributed by atoms with Gasteiger partial charge in [0, 0.05) is 30.4 Å². The second-order valence-corrected chi connectivity index (χ2v) is 9.07. The first-order valence-corrected chi connectivity index (χ1v) is 11.1. The number of carbonyl (C=O) groups excluding carboxylic acids is 1. The van der Waals surface area contributed by atoms with Gasteiger partial charge >= 0.3 is 6.09 Å². The van der Waals surface area contributed by atoms with Crippen molar-refractivity contribution < 1.29 is 14.7 Å². The second-order valence-electron chi connectivity index (χ2n) is 8.63. The number of fused-ring (bicyclic) bond motifs is 3. The van der Waals surface area contributed by atoms with Gasteiger partial charge in [0.1, 0.15) is 11.2 Å². The topological polar surface area (TPSA) is 78.7 Å². The van der Waals surface area contributed by atoms with Gasteiger partial charge in [-0.1, -0.05) is 23.7 Å². The Hall–Kier alpha value is -2.80. The predicted molar refractivity (Wildman–Crippen MR) is 118 cm³/mol. The van der Waals surface area contributed by atoms with Crippen LogP contribution < -0.4 is 4.90 Å². The minimum atomic E-state index is -1.000. The van der Waals surface area contributed by atoms with Gasteiger partial charge in [0.05, 0.1) is 17.9 Å². The highest BCUT2D eigenvalue weighted by Gasteiger charge is 2.59. The molecule has 1 spiro atoms. The minimum Gasteiger partial charge on any atom is -0.465 e. The van der Waals surface area contributed by atoms with Crippen LogP contribution in [0, 0.1) is 0 Å². The molecular formula is C23H25ClN4O3. The number of rotatable bonds is 5. The van der Waals surface area contributed by atoms with E-state index in [-0.39, 0.29) is 19.0 Å². The molecule has 3 aliphatic rings. The predicted octanol–water partition coefficient (Wildman–Crippen LogP) is 3.77. The molecular weight excluding hydrogens is 416 g/mol. The van der Waals surface area contributed by atoms with Crippen LogP contribution in [0.2, 0.25) is 5.02 Å². The lowest BCUT2D eigenvalue weighted by atomic mass is 9.75. The fourth-order valence-electron chi connectivity index (χ4n) is 5.22. The zero-order valence-electron chi connectivity index (χ0n) is 17.3. The van der Waals surface area contributed by atoms with E-state index in [1.165, 1.54) is 10.6 Å². The van der Waals surface area contributed by atoms with Gasteiger partial charge in [0.15, 0.2) is 0 Å². The normalized spacial score (nSPS) is 18.7. The van der Waals surface area contributed by atoms with E-state index in [4.69, 9.17) is 16.6 Å². The molecule has 0 unspecified atom stereocenters. The van der Waals surface area contributed by atoms with Gasteiger partial charge in [-0.3, -0.25) is 4.79 Å². The molecule has 7 nitrogen and oxygen atoms in total. The third kappa shape index (κ3) is 3.05. The summed E-state index contributed by atoms with van der Waals surface area (Å²) in [6.45, 7) is 5.35. The maximum absolute atomic E-state index is 13.6. The van der Waals surface area contributed by atoms with Crippen LogP contribution in [0.5, 0.6) is 0 Å². The van der Waals surface area contributed by atoms with E-state index < -0.39 is 11.5 Å². The molecule has 8 heteroatoms. The number of allylic oxidation sites excluding steroid dienone is 1. The van der Waals surface area contributed by atoms with Crippen LogP contribution >= 0.6 is 11.6 Å². The summed E-state index contributed by atoms with van der Waals surface area (Å²) < 4.78 is 2.25. The molecule has 0 radical (unpaired) electrons. The van der Waals surface area contributed by atoms with Gasteiger partial charge in [-0.15, -0.1) is 6.58 Å². The standard InChI is InChI=1S/C23H25ClN4O3/c1-2-3-10-27-18-7-5-4-6-17(18)25-20(27)12-28-19-11-15(24)8-9-16(19)23(21(28)29)13-26(14-23)22(30)31/h2,8-9,11H,1,3-7,10,12-14H2,(H,30,31). The lowest BCUT2D eigenvalue weighted by Crippen LogP contribution is -2.65. The number of imidazole rings is 1. The Bertz CT molecular complexity index is 1090. The molecule has 2 aromatic rings. The van der Waals surface area contributed by atoms with E-state index >= 15 is 0 Å². The number of likely N-dealkylation sites (tertiary alicyclic amines) is 1. The Labute approximate surface area is 185 Å². The lowest BCUT2D eigenvalue weighted by molar-refractivity contribution is -0.128. The van der Waals surface area contributed by atoms with Crippen molar-refractivity contribution in [2.24, 2.45) is 0 Å². The molecule has 2 aliphatic heterocycles. The first-order chi connectivity index (χ1) is 14.9. The summed E-state index contributed by atoms with van der Waals surface area (Å²) in [7, 11) is 0. The number of benzene rings is 1. The molecule has 31 heavy (non-hydrogen) atoms. The number of carbonyl (C=O) groups is 2. The Kier molecular flexibility index (Phi) is 4.81. The monoisotopic (exact) mass is 440 g/mol. The van der Waals surface area contributed by atoms with E-state index in [0.29, 0.717) is 11.6 Å². The van der Waals surface area contributed by atoms with Crippen LogP contribution in [0.1, 0.15) is 42.0 Å². The van der Waals surface area contributed by atoms with E-state index in [9.17, 15) is 14.7 Å². The van der Waals surface area contributed by atoms with Crippen molar-refractivity contribution in [3.63, 3.8) is 0 Å². The van der Waals surface area contributed by atoms with Crippen LogP contribution in [0.4, 0.5) is 10.5 Å². The van der Waals surface area contributed by atoms with Crippen molar-refractivity contribution in [2.75, 3.05) is 18.0 Å². The van der Waals surface area contributed by atoms with Crippen molar-refractivity contribution in [2.45, 2.75) is 50.6 Å². The number of anilines is 1. The fraction of sp³-hybridized carbons (Fsp3) is 0.435. The van der Waals surface area contributed by atoms with Crippen molar-refractivity contribution in [1.29, 1.82) is 0 Å². The molecule has 3 heterocycles. The third-order valence-electron chi connectivity index (χ3n) is 6.78. The van der Waals surface area contributed by atoms with E-state index in [0.717, 1.165) is 61.4 Å². The summed E-state index contributed by atoms with van der Waals surface area (Å²) in [5.74, 6) is 0.804. The Balaban J connectivity index is 1.52. The highest BCUT2D eigenvalue weighted by Crippen LogP contribution is 2.48. The summed E-state index contributed by atoms with van der Waals surface area (Å²) in [6.07, 6.45) is 6.01. The smallest absolute Gasteiger partial charge is 0.407 e. The van der Waals surface area contributed by atoms with Crippen LogP contribution in [0.15, 0.2) is 30.9 Å². The molecule has 0 bridgehead atoms. The number of halogens is 1. The first-order valence-electron chi connectivity index (χ1n) is 10.7. The number of carboxylic acid groups (broad SMARTS) is 1. The molecule has 1 fully saturated rings. The molecule has 0 saturated carbocycles. The molecule has 162 valence electrons. The molecule has 1 N–H and O–H groups in total. The fourth-order valence-corrected chi connectivity index (χ4v) is 5.39. The van der Waals surface area contributed by atoms with E-state index in [1.54, 1.807) is 11.0 Å². The van der Waals surface area contributed by atoms with Gasteiger partial charge in [-0.2, -0.15) is 0 Å². The molecule has 1 aromatic heterocycles. The van der Waals surface area contributed by atoms with Gasteiger partial charge in [0.25, 0.3) is 0 Å². The molecule has 1 saturated heterocycles. The van der Waals surface area contributed by atoms with Crippen LogP contribution in [-0.2, 0) is 36.1 Å². The lowest BCUT2D eigenvalue weighted by Gasteiger charge is -2.45. The average molecular weight is 441 g/mol. The number of amides is 2. The molecule has 1 aliphatic carbocycles. The SMILES string of the molecule is C=CCCn1c(CN2C(=O)C3(CN(C(=O)O)C3)c3ccc(Cl)cc32)nc2c1CCCC2. The Morgan fingerprint density at radius 2 is 2.06 bits per heavy atom.